The molecule has 1 N–H and O–H groups in total. The summed E-state index contributed by atoms with van der Waals surface area (Å²) in [6.07, 6.45) is 4.25. The summed E-state index contributed by atoms with van der Waals surface area (Å²) in [6, 6.07) is 1.60. The van der Waals surface area contributed by atoms with E-state index < -0.39 is 17.5 Å². The van der Waals surface area contributed by atoms with Gasteiger partial charge in [0.1, 0.15) is 5.82 Å². The Hall–Kier alpha value is -0.780. The van der Waals surface area contributed by atoms with Gasteiger partial charge in [0.2, 0.25) is 0 Å². The fourth-order valence-corrected chi connectivity index (χ4v) is 3.77. The van der Waals surface area contributed by atoms with Crippen LogP contribution in [0.15, 0.2) is 12.1 Å². The Kier molecular flexibility index (Phi) is 6.12. The highest BCUT2D eigenvalue weighted by molar-refractivity contribution is 5.85. The molecule has 1 aromatic rings. The van der Waals surface area contributed by atoms with Gasteiger partial charge in [-0.25, -0.2) is 13.2 Å². The second-order valence-corrected chi connectivity index (χ2v) is 6.07. The number of rotatable bonds is 3. The summed E-state index contributed by atoms with van der Waals surface area (Å²) < 4.78 is 41.4. The van der Waals surface area contributed by atoms with E-state index in [0.29, 0.717) is 12.0 Å². The van der Waals surface area contributed by atoms with Gasteiger partial charge in [-0.2, -0.15) is 0 Å². The van der Waals surface area contributed by atoms with Crippen molar-refractivity contribution in [3.63, 3.8) is 0 Å². The van der Waals surface area contributed by atoms with Crippen molar-refractivity contribution in [3.05, 3.63) is 35.1 Å². The van der Waals surface area contributed by atoms with Gasteiger partial charge < -0.3 is 5.32 Å². The largest absolute Gasteiger partial charge is 0.314 e. The third-order valence-electron chi connectivity index (χ3n) is 4.73. The zero-order valence-electron chi connectivity index (χ0n) is 12.5. The van der Waals surface area contributed by atoms with Gasteiger partial charge in [0, 0.05) is 43.9 Å². The second-order valence-electron chi connectivity index (χ2n) is 6.07. The van der Waals surface area contributed by atoms with Crippen LogP contribution in [-0.2, 0) is 0 Å². The van der Waals surface area contributed by atoms with Crippen LogP contribution in [-0.4, -0.2) is 31.1 Å². The van der Waals surface area contributed by atoms with Gasteiger partial charge in [-0.3, -0.25) is 4.90 Å². The van der Waals surface area contributed by atoms with E-state index in [1.165, 1.54) is 6.07 Å². The maximum atomic E-state index is 14.3. The second kappa shape index (κ2) is 7.66. The molecule has 0 spiro atoms. The molecule has 1 atom stereocenters. The molecule has 0 aromatic heterocycles. The average Bonchev–Trinajstić information content (AvgIpc) is 2.99. The number of hydrogen-bond donors (Lipinski definition) is 1. The minimum absolute atomic E-state index is 0. The number of hydrogen-bond acceptors (Lipinski definition) is 2. The number of halogens is 4. The molecule has 3 rings (SSSR count). The molecule has 1 aliphatic carbocycles. The first-order valence-electron chi connectivity index (χ1n) is 7.76. The van der Waals surface area contributed by atoms with Gasteiger partial charge in [-0.05, 0) is 24.8 Å². The lowest BCUT2D eigenvalue weighted by molar-refractivity contribution is 0.121. The van der Waals surface area contributed by atoms with Gasteiger partial charge in [0.05, 0.1) is 0 Å². The van der Waals surface area contributed by atoms with Crippen LogP contribution < -0.4 is 5.32 Å². The Labute approximate surface area is 135 Å². The minimum Gasteiger partial charge on any atom is -0.314 e. The summed E-state index contributed by atoms with van der Waals surface area (Å²) >= 11 is 0. The van der Waals surface area contributed by atoms with Crippen LogP contribution >= 0.6 is 12.4 Å². The molecule has 2 aliphatic rings. The third-order valence-corrected chi connectivity index (χ3v) is 4.73. The molecule has 1 heterocycles. The lowest BCUT2D eigenvalue weighted by Crippen LogP contribution is -2.47. The van der Waals surface area contributed by atoms with Gasteiger partial charge in [0.15, 0.2) is 11.6 Å². The molecule has 0 radical (unpaired) electrons. The Morgan fingerprint density at radius 1 is 1.05 bits per heavy atom. The number of nitrogens with zero attached hydrogens (tertiary/aromatic N) is 1. The summed E-state index contributed by atoms with van der Waals surface area (Å²) in [5.41, 5.74) is 0.196. The summed E-state index contributed by atoms with van der Waals surface area (Å²) in [6.45, 7) is 3.25. The molecule has 0 amide bonds. The number of benzene rings is 1. The molecule has 22 heavy (non-hydrogen) atoms. The van der Waals surface area contributed by atoms with Crippen molar-refractivity contribution in [2.75, 3.05) is 26.2 Å². The highest BCUT2D eigenvalue weighted by Gasteiger charge is 2.34. The third kappa shape index (κ3) is 3.58. The quantitative estimate of drug-likeness (QED) is 0.849. The van der Waals surface area contributed by atoms with Gasteiger partial charge in [-0.15, -0.1) is 12.4 Å². The van der Waals surface area contributed by atoms with Crippen LogP contribution in [0.4, 0.5) is 13.2 Å². The van der Waals surface area contributed by atoms with Crippen molar-refractivity contribution < 1.29 is 13.2 Å². The van der Waals surface area contributed by atoms with Crippen molar-refractivity contribution in [3.8, 4) is 0 Å². The van der Waals surface area contributed by atoms with E-state index in [2.05, 4.69) is 10.2 Å². The molecule has 1 aliphatic heterocycles. The topological polar surface area (TPSA) is 15.3 Å². The van der Waals surface area contributed by atoms with E-state index in [1.54, 1.807) is 0 Å². The van der Waals surface area contributed by atoms with Crippen LogP contribution in [0.25, 0.3) is 0 Å². The molecule has 0 bridgehead atoms. The van der Waals surface area contributed by atoms with Crippen molar-refractivity contribution >= 4 is 12.4 Å². The van der Waals surface area contributed by atoms with Crippen molar-refractivity contribution in [1.82, 2.24) is 10.2 Å². The van der Waals surface area contributed by atoms with Crippen LogP contribution in [0.1, 0.15) is 37.3 Å². The highest BCUT2D eigenvalue weighted by Crippen LogP contribution is 2.41. The zero-order valence-corrected chi connectivity index (χ0v) is 13.3. The predicted octanol–water partition coefficient (Wildman–Crippen LogP) is 3.66. The number of piperazine rings is 1. The first kappa shape index (κ1) is 17.6. The van der Waals surface area contributed by atoms with Crippen LogP contribution in [0.3, 0.4) is 0 Å². The van der Waals surface area contributed by atoms with Gasteiger partial charge in [-0.1, -0.05) is 12.8 Å². The Morgan fingerprint density at radius 3 is 2.32 bits per heavy atom. The van der Waals surface area contributed by atoms with E-state index >= 15 is 0 Å². The lowest BCUT2D eigenvalue weighted by Gasteiger charge is -2.38. The number of nitrogens with one attached hydrogen (secondary N) is 1. The Bertz CT molecular complexity index is 500. The summed E-state index contributed by atoms with van der Waals surface area (Å²) in [5, 5.41) is 3.27. The summed E-state index contributed by atoms with van der Waals surface area (Å²) in [5.74, 6) is -2.37. The smallest absolute Gasteiger partial charge is 0.163 e. The molecule has 2 fully saturated rings. The molecule has 1 aromatic carbocycles. The molecule has 6 heteroatoms. The molecule has 1 saturated carbocycles. The first-order valence-corrected chi connectivity index (χ1v) is 7.76. The fraction of sp³-hybridized carbons (Fsp3) is 0.625. The van der Waals surface area contributed by atoms with E-state index in [0.717, 1.165) is 51.9 Å². The van der Waals surface area contributed by atoms with E-state index in [4.69, 9.17) is 0 Å². The monoisotopic (exact) mass is 334 g/mol. The Balaban J connectivity index is 0.00000176. The predicted molar refractivity (Wildman–Crippen MR) is 82.7 cm³/mol. The molecule has 2 nitrogen and oxygen atoms in total. The van der Waals surface area contributed by atoms with Crippen LogP contribution in [0, 0.1) is 23.4 Å². The summed E-state index contributed by atoms with van der Waals surface area (Å²) in [4.78, 5) is 2.18. The van der Waals surface area contributed by atoms with Crippen molar-refractivity contribution in [2.45, 2.75) is 31.7 Å². The molecular weight excluding hydrogens is 313 g/mol. The van der Waals surface area contributed by atoms with E-state index in [-0.39, 0.29) is 24.0 Å². The maximum absolute atomic E-state index is 14.3. The van der Waals surface area contributed by atoms with E-state index in [1.807, 2.05) is 0 Å². The lowest BCUT2D eigenvalue weighted by atomic mass is 9.89. The maximum Gasteiger partial charge on any atom is 0.163 e. The average molecular weight is 335 g/mol. The van der Waals surface area contributed by atoms with E-state index in [9.17, 15) is 13.2 Å². The normalized spacial score (nSPS) is 21.6. The standard InChI is InChI=1S/C16H21F3N2.ClH/c17-12-9-13(15(19)14(18)10-12)16(11-3-1-2-4-11)21-7-5-20-6-8-21;/h9-11,16,20H,1-8H2;1H/t16-;/m0./s1. The first-order chi connectivity index (χ1) is 10.2. The molecule has 124 valence electrons. The molecular formula is C16H22ClF3N2. The van der Waals surface area contributed by atoms with Gasteiger partial charge >= 0.3 is 0 Å². The fourth-order valence-electron chi connectivity index (χ4n) is 3.77. The van der Waals surface area contributed by atoms with Gasteiger partial charge in [0.25, 0.3) is 0 Å². The van der Waals surface area contributed by atoms with Crippen LogP contribution in [0.5, 0.6) is 0 Å². The summed E-state index contributed by atoms with van der Waals surface area (Å²) in [7, 11) is 0. The SMILES string of the molecule is Cl.Fc1cc(F)c(F)c([C@H](C2CCCC2)N2CCNCC2)c1. The highest BCUT2D eigenvalue weighted by atomic mass is 35.5. The van der Waals surface area contributed by atoms with Crippen molar-refractivity contribution in [1.29, 1.82) is 0 Å². The van der Waals surface area contributed by atoms with Crippen LogP contribution in [0.2, 0.25) is 0 Å². The zero-order chi connectivity index (χ0) is 14.8. The minimum atomic E-state index is -1.08. The molecule has 1 saturated heterocycles. The molecule has 0 unspecified atom stereocenters. The van der Waals surface area contributed by atoms with Crippen molar-refractivity contribution in [2.24, 2.45) is 5.92 Å². The Morgan fingerprint density at radius 2 is 1.68 bits per heavy atom.